The van der Waals surface area contributed by atoms with Crippen molar-refractivity contribution in [2.75, 3.05) is 18.1 Å². The van der Waals surface area contributed by atoms with E-state index in [0.29, 0.717) is 17.4 Å². The second kappa shape index (κ2) is 10.4. The van der Waals surface area contributed by atoms with Crippen LogP contribution in [0, 0.1) is 10.1 Å². The number of anilines is 1. The summed E-state index contributed by atoms with van der Waals surface area (Å²) >= 11 is 8.05. The van der Waals surface area contributed by atoms with Crippen LogP contribution in [0.25, 0.3) is 17.4 Å². The largest absolute Gasteiger partial charge is 0.456 e. The molecule has 0 atom stereocenters. The summed E-state index contributed by atoms with van der Waals surface area (Å²) in [6.45, 7) is -0.439. The van der Waals surface area contributed by atoms with Crippen LogP contribution in [0.15, 0.2) is 68.8 Å². The standard InChI is InChI=1S/C23H16ClN3O6S2/c1-34-16-4-2-3-14(10-16)25-21(28)12-26-22(29)20(35-23(26)30)11-15-6-8-19(33-15)17-7-5-13(24)9-18(17)27(31)32/h2-11H,12H2,1H3,(H,25,28)/b20-11+. The van der Waals surface area contributed by atoms with Gasteiger partial charge in [-0.15, -0.1) is 11.8 Å². The maximum absolute atomic E-state index is 12.8. The Balaban J connectivity index is 1.48. The van der Waals surface area contributed by atoms with Gasteiger partial charge in [0.1, 0.15) is 18.1 Å². The Hall–Kier alpha value is -3.54. The van der Waals surface area contributed by atoms with E-state index in [4.69, 9.17) is 16.0 Å². The van der Waals surface area contributed by atoms with Gasteiger partial charge in [0, 0.05) is 27.7 Å². The Labute approximate surface area is 212 Å². The molecule has 12 heteroatoms. The molecule has 0 unspecified atom stereocenters. The first-order valence-electron chi connectivity index (χ1n) is 9.98. The van der Waals surface area contributed by atoms with E-state index in [1.807, 2.05) is 12.3 Å². The molecule has 0 spiro atoms. The number of nitrogens with one attached hydrogen (secondary N) is 1. The third-order valence-electron chi connectivity index (χ3n) is 4.85. The molecule has 35 heavy (non-hydrogen) atoms. The molecule has 0 bridgehead atoms. The monoisotopic (exact) mass is 529 g/mol. The second-order valence-corrected chi connectivity index (χ2v) is 9.48. The van der Waals surface area contributed by atoms with Crippen molar-refractivity contribution in [2.24, 2.45) is 0 Å². The molecule has 1 saturated heterocycles. The van der Waals surface area contributed by atoms with Crippen molar-refractivity contribution in [1.29, 1.82) is 0 Å². The third kappa shape index (κ3) is 5.59. The number of thioether (sulfide) groups is 2. The highest BCUT2D eigenvalue weighted by atomic mass is 35.5. The predicted molar refractivity (Wildman–Crippen MR) is 135 cm³/mol. The van der Waals surface area contributed by atoms with E-state index in [-0.39, 0.29) is 32.7 Å². The Morgan fingerprint density at radius 3 is 2.77 bits per heavy atom. The van der Waals surface area contributed by atoms with Crippen molar-refractivity contribution in [1.82, 2.24) is 4.90 Å². The molecule has 1 aliphatic rings. The van der Waals surface area contributed by atoms with Crippen LogP contribution >= 0.6 is 35.1 Å². The van der Waals surface area contributed by atoms with Gasteiger partial charge in [-0.25, -0.2) is 0 Å². The van der Waals surface area contributed by atoms with Crippen LogP contribution in [0.2, 0.25) is 5.02 Å². The number of furan rings is 1. The molecule has 2 heterocycles. The zero-order chi connectivity index (χ0) is 25.1. The minimum atomic E-state index is -0.636. The lowest BCUT2D eigenvalue weighted by atomic mass is 10.1. The lowest BCUT2D eigenvalue weighted by Crippen LogP contribution is -2.36. The van der Waals surface area contributed by atoms with Crippen LogP contribution in [0.1, 0.15) is 5.76 Å². The van der Waals surface area contributed by atoms with E-state index >= 15 is 0 Å². The summed E-state index contributed by atoms with van der Waals surface area (Å²) in [5.41, 5.74) is 0.547. The van der Waals surface area contributed by atoms with Crippen LogP contribution < -0.4 is 5.32 Å². The fraction of sp³-hybridized carbons (Fsp3) is 0.0870. The lowest BCUT2D eigenvalue weighted by molar-refractivity contribution is -0.384. The third-order valence-corrected chi connectivity index (χ3v) is 6.72. The average molecular weight is 530 g/mol. The van der Waals surface area contributed by atoms with Gasteiger partial charge in [-0.1, -0.05) is 17.7 Å². The summed E-state index contributed by atoms with van der Waals surface area (Å²) in [5.74, 6) is -0.732. The van der Waals surface area contributed by atoms with Gasteiger partial charge in [-0.3, -0.25) is 29.4 Å². The summed E-state index contributed by atoms with van der Waals surface area (Å²) < 4.78 is 5.66. The summed E-state index contributed by atoms with van der Waals surface area (Å²) in [6.07, 6.45) is 3.27. The van der Waals surface area contributed by atoms with Gasteiger partial charge in [-0.2, -0.15) is 0 Å². The van der Waals surface area contributed by atoms with Crippen molar-refractivity contribution in [3.63, 3.8) is 0 Å². The molecule has 9 nitrogen and oxygen atoms in total. The maximum atomic E-state index is 12.8. The molecule has 178 valence electrons. The molecule has 0 radical (unpaired) electrons. The van der Waals surface area contributed by atoms with Gasteiger partial charge in [0.05, 0.1) is 15.4 Å². The number of hydrogen-bond acceptors (Lipinski definition) is 8. The number of nitro benzene ring substituents is 1. The smallest absolute Gasteiger partial charge is 0.294 e. The highest BCUT2D eigenvalue weighted by Gasteiger charge is 2.36. The molecule has 4 rings (SSSR count). The van der Waals surface area contributed by atoms with E-state index in [1.54, 1.807) is 18.2 Å². The minimum absolute atomic E-state index is 0.0682. The molecule has 0 saturated carbocycles. The molecular weight excluding hydrogens is 514 g/mol. The fourth-order valence-electron chi connectivity index (χ4n) is 3.25. The normalized spacial score (nSPS) is 14.6. The molecule has 3 aromatic rings. The second-order valence-electron chi connectivity index (χ2n) is 7.17. The number of nitro groups is 1. The van der Waals surface area contributed by atoms with Gasteiger partial charge >= 0.3 is 0 Å². The van der Waals surface area contributed by atoms with Crippen LogP contribution in [0.5, 0.6) is 0 Å². The van der Waals surface area contributed by atoms with E-state index in [2.05, 4.69) is 5.32 Å². The minimum Gasteiger partial charge on any atom is -0.456 e. The quantitative estimate of drug-likeness (QED) is 0.173. The van der Waals surface area contributed by atoms with Gasteiger partial charge in [0.15, 0.2) is 0 Å². The average Bonchev–Trinajstić information content (AvgIpc) is 3.39. The first kappa shape index (κ1) is 24.6. The van der Waals surface area contributed by atoms with Gasteiger partial charge in [0.25, 0.3) is 16.8 Å². The summed E-state index contributed by atoms with van der Waals surface area (Å²) in [6, 6.07) is 14.4. The number of carbonyl (C=O) groups excluding carboxylic acids is 3. The van der Waals surface area contributed by atoms with Crippen LogP contribution in [0.3, 0.4) is 0 Å². The van der Waals surface area contributed by atoms with Crippen molar-refractivity contribution >= 4 is 69.6 Å². The molecule has 1 fully saturated rings. The molecule has 2 aromatic carbocycles. The number of benzene rings is 2. The zero-order valence-electron chi connectivity index (χ0n) is 18.0. The van der Waals surface area contributed by atoms with Crippen molar-refractivity contribution in [3.8, 4) is 11.3 Å². The zero-order valence-corrected chi connectivity index (χ0v) is 20.4. The van der Waals surface area contributed by atoms with E-state index in [0.717, 1.165) is 9.80 Å². The highest BCUT2D eigenvalue weighted by molar-refractivity contribution is 8.18. The van der Waals surface area contributed by atoms with E-state index in [1.165, 1.54) is 48.2 Å². The van der Waals surface area contributed by atoms with E-state index in [9.17, 15) is 24.5 Å². The Kier molecular flexibility index (Phi) is 7.29. The molecule has 1 aliphatic heterocycles. The number of amides is 3. The number of nitrogens with zero attached hydrogens (tertiary/aromatic N) is 2. The van der Waals surface area contributed by atoms with Crippen LogP contribution in [0.4, 0.5) is 16.2 Å². The number of rotatable bonds is 7. The lowest BCUT2D eigenvalue weighted by Gasteiger charge is -2.12. The topological polar surface area (TPSA) is 123 Å². The van der Waals surface area contributed by atoms with E-state index < -0.39 is 28.5 Å². The van der Waals surface area contributed by atoms with Crippen molar-refractivity contribution < 1.29 is 23.7 Å². The number of hydrogen-bond donors (Lipinski definition) is 1. The summed E-state index contributed by atoms with van der Waals surface area (Å²) in [7, 11) is 0. The van der Waals surface area contributed by atoms with Gasteiger partial charge < -0.3 is 9.73 Å². The number of imide groups is 1. The SMILES string of the molecule is CSc1cccc(NC(=O)CN2C(=O)S/C(=C/c3ccc(-c4ccc(Cl)cc4[N+](=O)[O-])o3)C2=O)c1. The molecular formula is C23H16ClN3O6S2. The number of carbonyl (C=O) groups is 3. The highest BCUT2D eigenvalue weighted by Crippen LogP contribution is 2.36. The number of halogens is 1. The molecule has 1 N–H and O–H groups in total. The summed E-state index contributed by atoms with van der Waals surface area (Å²) in [4.78, 5) is 50.2. The first-order chi connectivity index (χ1) is 16.7. The van der Waals surface area contributed by atoms with Crippen molar-refractivity contribution in [2.45, 2.75) is 4.90 Å². The van der Waals surface area contributed by atoms with Crippen molar-refractivity contribution in [3.05, 3.63) is 80.4 Å². The molecule has 0 aliphatic carbocycles. The Morgan fingerprint density at radius 1 is 1.23 bits per heavy atom. The Morgan fingerprint density at radius 2 is 2.03 bits per heavy atom. The molecule has 1 aromatic heterocycles. The Bertz CT molecular complexity index is 1390. The van der Waals surface area contributed by atoms with Crippen LogP contribution in [-0.4, -0.2) is 39.7 Å². The maximum Gasteiger partial charge on any atom is 0.294 e. The van der Waals surface area contributed by atoms with Gasteiger partial charge in [0.2, 0.25) is 5.91 Å². The fourth-order valence-corrected chi connectivity index (χ4v) is 4.69. The van der Waals surface area contributed by atoms with Gasteiger partial charge in [-0.05, 0) is 60.5 Å². The summed E-state index contributed by atoms with van der Waals surface area (Å²) in [5, 5.41) is 13.7. The van der Waals surface area contributed by atoms with Crippen LogP contribution in [-0.2, 0) is 9.59 Å². The molecule has 3 amide bonds. The predicted octanol–water partition coefficient (Wildman–Crippen LogP) is 5.91. The first-order valence-corrected chi connectivity index (χ1v) is 12.4.